The maximum Gasteiger partial charge on any atom is 0.328 e. The van der Waals surface area contributed by atoms with Gasteiger partial charge in [0.25, 0.3) is 0 Å². The third-order valence-electron chi connectivity index (χ3n) is 5.24. The zero-order chi connectivity index (χ0) is 19.2. The fourth-order valence-electron chi connectivity index (χ4n) is 3.86. The summed E-state index contributed by atoms with van der Waals surface area (Å²) in [5, 5.41) is 2.95. The van der Waals surface area contributed by atoms with Gasteiger partial charge in [-0.25, -0.2) is 4.79 Å². The summed E-state index contributed by atoms with van der Waals surface area (Å²) in [5.74, 6) is -0.905. The van der Waals surface area contributed by atoms with E-state index in [9.17, 15) is 9.59 Å². The summed E-state index contributed by atoms with van der Waals surface area (Å²) in [6.45, 7) is 2.15. The van der Waals surface area contributed by atoms with Crippen molar-refractivity contribution in [3.63, 3.8) is 0 Å². The monoisotopic (exact) mass is 365 g/mol. The van der Waals surface area contributed by atoms with E-state index in [0.29, 0.717) is 6.42 Å². The Morgan fingerprint density at radius 1 is 0.963 bits per heavy atom. The third-order valence-corrected chi connectivity index (χ3v) is 5.24. The first-order valence-electron chi connectivity index (χ1n) is 9.73. The number of hydrogen-bond acceptors (Lipinski definition) is 3. The highest BCUT2D eigenvalue weighted by Crippen LogP contribution is 2.44. The molecule has 0 spiro atoms. The van der Waals surface area contributed by atoms with Gasteiger partial charge in [-0.15, -0.1) is 0 Å². The van der Waals surface area contributed by atoms with Crippen LogP contribution in [0.2, 0.25) is 0 Å². The Morgan fingerprint density at radius 2 is 1.56 bits per heavy atom. The standard InChI is InChI=1S/C23H27NO3/c1-3-4-5-6-15-20(23(26)27-2)24-22(25)21-18-13-9-7-11-16(18)17-12-8-10-14-19(17)21/h7-14,20-21H,3-6,15H2,1-2H3,(H,24,25)/t20-/m0/s1. The van der Waals surface area contributed by atoms with Crippen LogP contribution in [-0.4, -0.2) is 25.0 Å². The average Bonchev–Trinajstić information content (AvgIpc) is 3.04. The largest absolute Gasteiger partial charge is 0.467 e. The van der Waals surface area contributed by atoms with Gasteiger partial charge in [-0.3, -0.25) is 4.79 Å². The molecule has 1 amide bonds. The van der Waals surface area contributed by atoms with Crippen molar-refractivity contribution >= 4 is 11.9 Å². The molecule has 4 heteroatoms. The number of benzene rings is 2. The number of fused-ring (bicyclic) bond motifs is 3. The first-order valence-corrected chi connectivity index (χ1v) is 9.73. The Bertz CT molecular complexity index is 769. The quantitative estimate of drug-likeness (QED) is 0.556. The molecule has 1 aliphatic rings. The summed E-state index contributed by atoms with van der Waals surface area (Å²) in [7, 11) is 1.37. The SMILES string of the molecule is CCCCCC[C@H](NC(=O)C1c2ccccc2-c2ccccc21)C(=O)OC. The topological polar surface area (TPSA) is 55.4 Å². The minimum atomic E-state index is -0.598. The molecule has 0 aromatic heterocycles. The van der Waals surface area contributed by atoms with E-state index < -0.39 is 6.04 Å². The summed E-state index contributed by atoms with van der Waals surface area (Å²) in [5.41, 5.74) is 4.16. The van der Waals surface area contributed by atoms with E-state index in [0.717, 1.165) is 47.9 Å². The molecule has 27 heavy (non-hydrogen) atoms. The lowest BCUT2D eigenvalue weighted by atomic mass is 9.95. The van der Waals surface area contributed by atoms with Crippen molar-refractivity contribution in [1.82, 2.24) is 5.32 Å². The van der Waals surface area contributed by atoms with Gasteiger partial charge in [0.1, 0.15) is 6.04 Å². The van der Waals surface area contributed by atoms with Gasteiger partial charge in [0.05, 0.1) is 13.0 Å². The van der Waals surface area contributed by atoms with Gasteiger partial charge >= 0.3 is 5.97 Å². The third kappa shape index (κ3) is 4.05. The Morgan fingerprint density at radius 3 is 2.11 bits per heavy atom. The molecule has 2 aromatic rings. The Hall–Kier alpha value is -2.62. The highest BCUT2D eigenvalue weighted by Gasteiger charge is 2.35. The first-order chi connectivity index (χ1) is 13.2. The molecule has 0 heterocycles. The van der Waals surface area contributed by atoms with Gasteiger partial charge in [0.2, 0.25) is 5.91 Å². The number of methoxy groups -OCH3 is 1. The van der Waals surface area contributed by atoms with E-state index in [-0.39, 0.29) is 17.8 Å². The van der Waals surface area contributed by atoms with Gasteiger partial charge in [0.15, 0.2) is 0 Å². The number of hydrogen-bond donors (Lipinski definition) is 1. The normalized spacial score (nSPS) is 13.6. The summed E-state index contributed by atoms with van der Waals surface area (Å²) in [6, 6.07) is 15.4. The summed E-state index contributed by atoms with van der Waals surface area (Å²) >= 11 is 0. The summed E-state index contributed by atoms with van der Waals surface area (Å²) in [6.07, 6.45) is 4.81. The molecule has 0 bridgehead atoms. The van der Waals surface area contributed by atoms with Gasteiger partial charge in [0, 0.05) is 0 Å². The molecule has 142 valence electrons. The molecule has 0 saturated heterocycles. The van der Waals surface area contributed by atoms with Crippen molar-refractivity contribution < 1.29 is 14.3 Å². The minimum absolute atomic E-state index is 0.140. The maximum absolute atomic E-state index is 13.2. The van der Waals surface area contributed by atoms with Crippen LogP contribution in [0.15, 0.2) is 48.5 Å². The van der Waals surface area contributed by atoms with Crippen molar-refractivity contribution in [3.05, 3.63) is 59.7 Å². The number of rotatable bonds is 8. The highest BCUT2D eigenvalue weighted by molar-refractivity contribution is 5.97. The van der Waals surface area contributed by atoms with Crippen molar-refractivity contribution in [3.8, 4) is 11.1 Å². The molecular formula is C23H27NO3. The van der Waals surface area contributed by atoms with Crippen LogP contribution in [0.5, 0.6) is 0 Å². The summed E-state index contributed by atoms with van der Waals surface area (Å²) < 4.78 is 4.92. The van der Waals surface area contributed by atoms with E-state index >= 15 is 0 Å². The van der Waals surface area contributed by atoms with Gasteiger partial charge in [-0.05, 0) is 28.7 Å². The van der Waals surface area contributed by atoms with Gasteiger partial charge in [-0.1, -0.05) is 81.1 Å². The Balaban J connectivity index is 1.80. The Kier molecular flexibility index (Phi) is 6.28. The zero-order valence-corrected chi connectivity index (χ0v) is 16.0. The predicted octanol–water partition coefficient (Wildman–Crippen LogP) is 4.43. The number of ether oxygens (including phenoxy) is 1. The van der Waals surface area contributed by atoms with E-state index in [4.69, 9.17) is 4.74 Å². The van der Waals surface area contributed by atoms with E-state index in [1.807, 2.05) is 48.5 Å². The second kappa shape index (κ2) is 8.85. The van der Waals surface area contributed by atoms with E-state index in [2.05, 4.69) is 12.2 Å². The maximum atomic E-state index is 13.2. The van der Waals surface area contributed by atoms with Crippen LogP contribution in [-0.2, 0) is 14.3 Å². The number of amides is 1. The van der Waals surface area contributed by atoms with Crippen LogP contribution in [0.25, 0.3) is 11.1 Å². The second-order valence-corrected chi connectivity index (χ2v) is 7.04. The molecule has 0 unspecified atom stereocenters. The van der Waals surface area contributed by atoms with Crippen molar-refractivity contribution in [1.29, 1.82) is 0 Å². The molecular weight excluding hydrogens is 338 g/mol. The molecule has 0 radical (unpaired) electrons. The molecule has 0 saturated carbocycles. The van der Waals surface area contributed by atoms with Crippen molar-refractivity contribution in [2.24, 2.45) is 0 Å². The fourth-order valence-corrected chi connectivity index (χ4v) is 3.86. The highest BCUT2D eigenvalue weighted by atomic mass is 16.5. The lowest BCUT2D eigenvalue weighted by Gasteiger charge is -2.20. The van der Waals surface area contributed by atoms with Crippen LogP contribution in [0.3, 0.4) is 0 Å². The summed E-state index contributed by atoms with van der Waals surface area (Å²) in [4.78, 5) is 25.4. The lowest BCUT2D eigenvalue weighted by Crippen LogP contribution is -2.43. The Labute approximate surface area is 160 Å². The number of unbranched alkanes of at least 4 members (excludes halogenated alkanes) is 3. The molecule has 4 nitrogen and oxygen atoms in total. The molecule has 1 aliphatic carbocycles. The minimum Gasteiger partial charge on any atom is -0.467 e. The van der Waals surface area contributed by atoms with Crippen molar-refractivity contribution in [2.45, 2.75) is 51.0 Å². The predicted molar refractivity (Wildman–Crippen MR) is 106 cm³/mol. The lowest BCUT2D eigenvalue weighted by molar-refractivity contribution is -0.145. The molecule has 1 atom stereocenters. The number of carbonyl (C=O) groups excluding carboxylic acids is 2. The number of esters is 1. The van der Waals surface area contributed by atoms with Crippen LogP contribution in [0, 0.1) is 0 Å². The first kappa shape index (κ1) is 19.2. The molecule has 2 aromatic carbocycles. The van der Waals surface area contributed by atoms with Crippen LogP contribution < -0.4 is 5.32 Å². The molecule has 1 N–H and O–H groups in total. The van der Waals surface area contributed by atoms with Crippen LogP contribution in [0.4, 0.5) is 0 Å². The zero-order valence-electron chi connectivity index (χ0n) is 16.0. The molecule has 0 aliphatic heterocycles. The van der Waals surface area contributed by atoms with Crippen LogP contribution in [0.1, 0.15) is 56.1 Å². The molecule has 0 fully saturated rings. The van der Waals surface area contributed by atoms with E-state index in [1.165, 1.54) is 7.11 Å². The number of nitrogens with one attached hydrogen (secondary N) is 1. The molecule has 3 rings (SSSR count). The van der Waals surface area contributed by atoms with Gasteiger partial charge < -0.3 is 10.1 Å². The second-order valence-electron chi connectivity index (χ2n) is 7.04. The average molecular weight is 365 g/mol. The smallest absolute Gasteiger partial charge is 0.328 e. The van der Waals surface area contributed by atoms with Gasteiger partial charge in [-0.2, -0.15) is 0 Å². The number of carbonyl (C=O) groups is 2. The van der Waals surface area contributed by atoms with Crippen LogP contribution >= 0.6 is 0 Å². The van der Waals surface area contributed by atoms with Crippen molar-refractivity contribution in [2.75, 3.05) is 7.11 Å². The van der Waals surface area contributed by atoms with E-state index in [1.54, 1.807) is 0 Å². The fraction of sp³-hybridized carbons (Fsp3) is 0.391.